The van der Waals surface area contributed by atoms with Crippen molar-refractivity contribution in [1.82, 2.24) is 0 Å². The Morgan fingerprint density at radius 2 is 2.07 bits per heavy atom. The van der Waals surface area contributed by atoms with Crippen molar-refractivity contribution in [3.05, 3.63) is 66.8 Å². The van der Waals surface area contributed by atoms with Crippen LogP contribution in [0.15, 0.2) is 66.8 Å². The van der Waals surface area contributed by atoms with Crippen LogP contribution in [-0.4, -0.2) is 6.61 Å². The van der Waals surface area contributed by atoms with Crippen LogP contribution in [0.2, 0.25) is 0 Å². The van der Waals surface area contributed by atoms with Gasteiger partial charge in [0.15, 0.2) is 0 Å². The van der Waals surface area contributed by atoms with Crippen molar-refractivity contribution in [2.75, 3.05) is 6.61 Å². The van der Waals surface area contributed by atoms with Gasteiger partial charge < -0.3 is 4.74 Å². The van der Waals surface area contributed by atoms with Crippen LogP contribution < -0.4 is 4.74 Å². The van der Waals surface area contributed by atoms with Crippen LogP contribution in [0.5, 0.6) is 5.75 Å². The zero-order valence-corrected chi connectivity index (χ0v) is 9.02. The van der Waals surface area contributed by atoms with E-state index in [4.69, 9.17) is 4.74 Å². The Morgan fingerprint density at radius 1 is 1.33 bits per heavy atom. The third-order valence-electron chi connectivity index (χ3n) is 1.97. The Kier molecular flexibility index (Phi) is 5.02. The number of benzene rings is 1. The van der Waals surface area contributed by atoms with E-state index in [1.807, 2.05) is 55.5 Å². The molecular formula is C14H16O. The number of hydrogen-bond acceptors (Lipinski definition) is 1. The van der Waals surface area contributed by atoms with E-state index in [0.29, 0.717) is 6.61 Å². The topological polar surface area (TPSA) is 9.23 Å². The van der Waals surface area contributed by atoms with Gasteiger partial charge in [-0.2, -0.15) is 0 Å². The highest BCUT2D eigenvalue weighted by Crippen LogP contribution is 2.10. The second-order valence-corrected chi connectivity index (χ2v) is 3.06. The van der Waals surface area contributed by atoms with E-state index >= 15 is 0 Å². The molecule has 0 spiro atoms. The van der Waals surface area contributed by atoms with Gasteiger partial charge >= 0.3 is 0 Å². The molecule has 0 aliphatic carbocycles. The quantitative estimate of drug-likeness (QED) is 0.658. The molecule has 0 atom stereocenters. The van der Waals surface area contributed by atoms with E-state index in [-0.39, 0.29) is 0 Å². The fourth-order valence-corrected chi connectivity index (χ4v) is 1.10. The monoisotopic (exact) mass is 200 g/mol. The summed E-state index contributed by atoms with van der Waals surface area (Å²) >= 11 is 0. The molecule has 0 fully saturated rings. The van der Waals surface area contributed by atoms with Gasteiger partial charge in [-0.1, -0.05) is 49.1 Å². The van der Waals surface area contributed by atoms with E-state index in [0.717, 1.165) is 11.3 Å². The van der Waals surface area contributed by atoms with Crippen molar-refractivity contribution in [2.45, 2.75) is 6.92 Å². The van der Waals surface area contributed by atoms with Gasteiger partial charge in [-0.15, -0.1) is 0 Å². The van der Waals surface area contributed by atoms with Crippen LogP contribution >= 0.6 is 0 Å². The zero-order chi connectivity index (χ0) is 10.9. The Bertz CT molecular complexity index is 347. The Labute approximate surface area is 91.4 Å². The minimum atomic E-state index is 0.588. The average Bonchev–Trinajstić information content (AvgIpc) is 2.31. The highest BCUT2D eigenvalue weighted by molar-refractivity contribution is 5.25. The third-order valence-corrected chi connectivity index (χ3v) is 1.97. The summed E-state index contributed by atoms with van der Waals surface area (Å²) in [6.07, 6.45) is 7.69. The van der Waals surface area contributed by atoms with Gasteiger partial charge in [0.1, 0.15) is 12.4 Å². The number of para-hydroxylation sites is 1. The van der Waals surface area contributed by atoms with Gasteiger partial charge in [0.25, 0.3) is 0 Å². The maximum atomic E-state index is 5.60. The minimum Gasteiger partial charge on any atom is -0.489 e. The average molecular weight is 200 g/mol. The maximum absolute atomic E-state index is 5.60. The van der Waals surface area contributed by atoms with Crippen molar-refractivity contribution in [1.29, 1.82) is 0 Å². The predicted octanol–water partition coefficient (Wildman–Crippen LogP) is 3.75. The highest BCUT2D eigenvalue weighted by Gasteiger charge is 1.93. The molecule has 0 aliphatic rings. The molecule has 78 valence electrons. The first kappa shape index (κ1) is 11.3. The summed E-state index contributed by atoms with van der Waals surface area (Å²) in [7, 11) is 0. The smallest absolute Gasteiger partial charge is 0.119 e. The van der Waals surface area contributed by atoms with Crippen molar-refractivity contribution < 1.29 is 4.74 Å². The van der Waals surface area contributed by atoms with E-state index in [2.05, 4.69) is 6.58 Å². The van der Waals surface area contributed by atoms with Crippen molar-refractivity contribution >= 4 is 0 Å². The summed E-state index contributed by atoms with van der Waals surface area (Å²) in [5.74, 6) is 0.892. The first-order valence-corrected chi connectivity index (χ1v) is 4.99. The lowest BCUT2D eigenvalue weighted by atomic mass is 10.2. The molecule has 0 bridgehead atoms. The number of rotatable bonds is 5. The van der Waals surface area contributed by atoms with Crippen molar-refractivity contribution in [3.8, 4) is 5.75 Å². The Hall–Kier alpha value is -1.76. The van der Waals surface area contributed by atoms with E-state index in [9.17, 15) is 0 Å². The van der Waals surface area contributed by atoms with Gasteiger partial charge in [0.05, 0.1) is 0 Å². The molecule has 0 amide bonds. The summed E-state index contributed by atoms with van der Waals surface area (Å²) in [6.45, 7) is 6.22. The molecule has 1 heteroatoms. The van der Waals surface area contributed by atoms with Crippen LogP contribution in [0.25, 0.3) is 0 Å². The molecule has 0 N–H and O–H groups in total. The second-order valence-electron chi connectivity index (χ2n) is 3.06. The molecular weight excluding hydrogens is 184 g/mol. The summed E-state index contributed by atoms with van der Waals surface area (Å²) in [5.41, 5.74) is 1.14. The number of allylic oxidation sites excluding steroid dienone is 3. The standard InChI is InChI=1S/C14H16O/c1-3-5-9-13(4-2)12-15-14-10-7-6-8-11-14/h3-11H,1,12H2,2H3/b9-5-,13-4+. The molecule has 0 aliphatic heterocycles. The van der Waals surface area contributed by atoms with Crippen LogP contribution in [0.3, 0.4) is 0 Å². The first-order chi connectivity index (χ1) is 7.36. The lowest BCUT2D eigenvalue weighted by Gasteiger charge is -2.05. The van der Waals surface area contributed by atoms with Gasteiger partial charge in [-0.05, 0) is 24.6 Å². The van der Waals surface area contributed by atoms with E-state index in [1.165, 1.54) is 0 Å². The second kappa shape index (κ2) is 6.66. The van der Waals surface area contributed by atoms with E-state index < -0.39 is 0 Å². The fourth-order valence-electron chi connectivity index (χ4n) is 1.10. The SMILES string of the molecule is C=C/C=C\C(=C/C)COc1ccccc1. The van der Waals surface area contributed by atoms with Crippen LogP contribution in [0, 0.1) is 0 Å². The van der Waals surface area contributed by atoms with Crippen molar-refractivity contribution in [2.24, 2.45) is 0 Å². The molecule has 0 unspecified atom stereocenters. The molecule has 1 nitrogen and oxygen atoms in total. The zero-order valence-electron chi connectivity index (χ0n) is 9.02. The molecule has 0 radical (unpaired) electrons. The fraction of sp³-hybridized carbons (Fsp3) is 0.143. The predicted molar refractivity (Wildman–Crippen MR) is 65.0 cm³/mol. The number of hydrogen-bond donors (Lipinski definition) is 0. The highest BCUT2D eigenvalue weighted by atomic mass is 16.5. The summed E-state index contributed by atoms with van der Waals surface area (Å²) in [6, 6.07) is 9.80. The lowest BCUT2D eigenvalue weighted by Crippen LogP contribution is -1.98. The summed E-state index contributed by atoms with van der Waals surface area (Å²) in [5, 5.41) is 0. The normalized spacial score (nSPS) is 11.7. The third kappa shape index (κ3) is 4.32. The van der Waals surface area contributed by atoms with Crippen LogP contribution in [-0.2, 0) is 0 Å². The van der Waals surface area contributed by atoms with Gasteiger partial charge in [-0.3, -0.25) is 0 Å². The molecule has 15 heavy (non-hydrogen) atoms. The maximum Gasteiger partial charge on any atom is 0.119 e. The lowest BCUT2D eigenvalue weighted by molar-refractivity contribution is 0.355. The molecule has 0 aromatic heterocycles. The molecule has 0 heterocycles. The number of ether oxygens (including phenoxy) is 1. The Balaban J connectivity index is 2.49. The van der Waals surface area contributed by atoms with Crippen molar-refractivity contribution in [3.63, 3.8) is 0 Å². The molecule has 0 saturated carbocycles. The Morgan fingerprint density at radius 3 is 2.67 bits per heavy atom. The van der Waals surface area contributed by atoms with Gasteiger partial charge in [-0.25, -0.2) is 0 Å². The van der Waals surface area contributed by atoms with Crippen LogP contribution in [0.1, 0.15) is 6.92 Å². The molecule has 1 aromatic rings. The summed E-state index contributed by atoms with van der Waals surface area (Å²) in [4.78, 5) is 0. The molecule has 0 saturated heterocycles. The van der Waals surface area contributed by atoms with Gasteiger partial charge in [0.2, 0.25) is 0 Å². The molecule has 1 aromatic carbocycles. The summed E-state index contributed by atoms with van der Waals surface area (Å²) < 4.78 is 5.60. The molecule has 1 rings (SSSR count). The van der Waals surface area contributed by atoms with Crippen LogP contribution in [0.4, 0.5) is 0 Å². The first-order valence-electron chi connectivity index (χ1n) is 4.99. The minimum absolute atomic E-state index is 0.588. The van der Waals surface area contributed by atoms with Gasteiger partial charge in [0, 0.05) is 0 Å². The largest absolute Gasteiger partial charge is 0.489 e. The van der Waals surface area contributed by atoms with E-state index in [1.54, 1.807) is 6.08 Å².